The number of hydrogen-bond acceptors (Lipinski definition) is 2. The first-order chi connectivity index (χ1) is 6.93. The molecule has 0 bridgehead atoms. The van der Waals surface area contributed by atoms with E-state index in [1.165, 1.54) is 12.1 Å². The molecule has 1 aromatic rings. The second-order valence-corrected chi connectivity index (χ2v) is 3.72. The Kier molecular flexibility index (Phi) is 3.98. The number of methoxy groups -OCH3 is 1. The van der Waals surface area contributed by atoms with Crippen LogP contribution in [0.5, 0.6) is 0 Å². The average molecular weight is 284 g/mol. The van der Waals surface area contributed by atoms with Crippen LogP contribution in [0.3, 0.4) is 0 Å². The van der Waals surface area contributed by atoms with Crippen LogP contribution in [0, 0.1) is 0 Å². The Morgan fingerprint density at radius 1 is 1.27 bits per heavy atom. The van der Waals surface area contributed by atoms with E-state index in [1.54, 1.807) is 12.1 Å². The van der Waals surface area contributed by atoms with Gasteiger partial charge in [-0.1, -0.05) is 15.9 Å². The molecule has 0 fully saturated rings. The van der Waals surface area contributed by atoms with Crippen LogP contribution in [0.25, 0.3) is 0 Å². The zero-order chi connectivity index (χ0) is 11.5. The molecule has 0 saturated carbocycles. The highest BCUT2D eigenvalue weighted by Crippen LogP contribution is 2.24. The van der Waals surface area contributed by atoms with Gasteiger partial charge < -0.3 is 10.1 Å². The third kappa shape index (κ3) is 3.71. The number of hydrogen-bond donors (Lipinski definition) is 1. The zero-order valence-corrected chi connectivity index (χ0v) is 9.39. The molecule has 0 aliphatic heterocycles. The predicted octanol–water partition coefficient (Wildman–Crippen LogP) is 3.40. The van der Waals surface area contributed by atoms with Crippen LogP contribution in [0.2, 0.25) is 0 Å². The smallest absolute Gasteiger partial charge is 0.353 e. The molecule has 1 N–H and O–H groups in total. The Balaban J connectivity index is 2.71. The summed E-state index contributed by atoms with van der Waals surface area (Å²) in [6.45, 7) is 0. The summed E-state index contributed by atoms with van der Waals surface area (Å²) in [6.07, 6.45) is -6.42. The van der Waals surface area contributed by atoms with E-state index in [0.717, 1.165) is 11.6 Å². The Bertz CT molecular complexity index is 312. The van der Waals surface area contributed by atoms with Gasteiger partial charge in [0, 0.05) is 17.3 Å². The molecule has 1 atom stereocenters. The summed E-state index contributed by atoms with van der Waals surface area (Å²) in [4.78, 5) is 0. The second kappa shape index (κ2) is 4.85. The minimum atomic E-state index is -4.43. The summed E-state index contributed by atoms with van der Waals surface area (Å²) < 4.78 is 42.0. The molecule has 0 aliphatic carbocycles. The summed E-state index contributed by atoms with van der Waals surface area (Å²) in [7, 11) is 1.00. The lowest BCUT2D eigenvalue weighted by Crippen LogP contribution is -2.37. The molecule has 15 heavy (non-hydrogen) atoms. The fraction of sp³-hybridized carbons (Fsp3) is 0.333. The lowest BCUT2D eigenvalue weighted by molar-refractivity contribution is -0.202. The van der Waals surface area contributed by atoms with Crippen molar-refractivity contribution in [3.05, 3.63) is 28.7 Å². The Morgan fingerprint density at radius 3 is 2.20 bits per heavy atom. The number of anilines is 1. The summed E-state index contributed by atoms with van der Waals surface area (Å²) in [6, 6.07) is 6.35. The first-order valence-electron chi connectivity index (χ1n) is 4.05. The van der Waals surface area contributed by atoms with Gasteiger partial charge in [0.25, 0.3) is 0 Å². The molecule has 0 amide bonds. The maximum Gasteiger partial charge on any atom is 0.433 e. The van der Waals surface area contributed by atoms with Crippen molar-refractivity contribution < 1.29 is 17.9 Å². The zero-order valence-electron chi connectivity index (χ0n) is 7.81. The quantitative estimate of drug-likeness (QED) is 0.859. The van der Waals surface area contributed by atoms with E-state index in [2.05, 4.69) is 26.0 Å². The highest BCUT2D eigenvalue weighted by atomic mass is 79.9. The lowest BCUT2D eigenvalue weighted by Gasteiger charge is -2.20. The lowest BCUT2D eigenvalue weighted by atomic mass is 10.3. The van der Waals surface area contributed by atoms with Crippen molar-refractivity contribution >= 4 is 21.6 Å². The third-order valence-corrected chi connectivity index (χ3v) is 2.20. The molecule has 1 rings (SSSR count). The van der Waals surface area contributed by atoms with Gasteiger partial charge in [-0.3, -0.25) is 0 Å². The van der Waals surface area contributed by atoms with Crippen molar-refractivity contribution in [3.8, 4) is 0 Å². The van der Waals surface area contributed by atoms with Crippen LogP contribution in [0.15, 0.2) is 28.7 Å². The Labute approximate surface area is 93.6 Å². The molecule has 1 unspecified atom stereocenters. The molecule has 0 aliphatic rings. The van der Waals surface area contributed by atoms with Crippen molar-refractivity contribution in [2.75, 3.05) is 12.4 Å². The van der Waals surface area contributed by atoms with E-state index in [0.29, 0.717) is 5.69 Å². The van der Waals surface area contributed by atoms with Gasteiger partial charge in [-0.05, 0) is 24.3 Å². The molecule has 0 heterocycles. The fourth-order valence-corrected chi connectivity index (χ4v) is 1.24. The second-order valence-electron chi connectivity index (χ2n) is 2.81. The molecule has 0 spiro atoms. The Morgan fingerprint density at radius 2 is 1.80 bits per heavy atom. The SMILES string of the molecule is COC(Nc1ccc(Br)cc1)C(F)(F)F. The monoisotopic (exact) mass is 283 g/mol. The van der Waals surface area contributed by atoms with Crippen LogP contribution in [0.4, 0.5) is 18.9 Å². The molecule has 2 nitrogen and oxygen atoms in total. The van der Waals surface area contributed by atoms with Crippen molar-refractivity contribution in [2.24, 2.45) is 0 Å². The molecule has 0 aromatic heterocycles. The highest BCUT2D eigenvalue weighted by Gasteiger charge is 2.40. The number of nitrogens with one attached hydrogen (secondary N) is 1. The van der Waals surface area contributed by atoms with Crippen LogP contribution in [-0.4, -0.2) is 19.5 Å². The van der Waals surface area contributed by atoms with Crippen molar-refractivity contribution in [1.29, 1.82) is 0 Å². The molecule has 0 saturated heterocycles. The van der Waals surface area contributed by atoms with Crippen LogP contribution < -0.4 is 5.32 Å². The van der Waals surface area contributed by atoms with E-state index >= 15 is 0 Å². The van der Waals surface area contributed by atoms with Crippen LogP contribution >= 0.6 is 15.9 Å². The van der Waals surface area contributed by atoms with Crippen molar-refractivity contribution in [3.63, 3.8) is 0 Å². The maximum absolute atomic E-state index is 12.3. The average Bonchev–Trinajstić information content (AvgIpc) is 2.15. The predicted molar refractivity (Wildman–Crippen MR) is 54.6 cm³/mol. The van der Waals surface area contributed by atoms with Gasteiger partial charge in [-0.15, -0.1) is 0 Å². The largest absolute Gasteiger partial charge is 0.433 e. The third-order valence-electron chi connectivity index (χ3n) is 1.67. The minimum absolute atomic E-state index is 0.349. The molecule has 6 heteroatoms. The number of alkyl halides is 3. The molecule has 84 valence electrons. The van der Waals surface area contributed by atoms with Gasteiger partial charge in [-0.25, -0.2) is 0 Å². The van der Waals surface area contributed by atoms with E-state index < -0.39 is 12.4 Å². The highest BCUT2D eigenvalue weighted by molar-refractivity contribution is 9.10. The van der Waals surface area contributed by atoms with Crippen molar-refractivity contribution in [2.45, 2.75) is 12.4 Å². The number of halogens is 4. The summed E-state index contributed by atoms with van der Waals surface area (Å²) >= 11 is 3.19. The first kappa shape index (κ1) is 12.3. The summed E-state index contributed by atoms with van der Waals surface area (Å²) in [5.41, 5.74) is 0.349. The first-order valence-corrected chi connectivity index (χ1v) is 4.84. The number of rotatable bonds is 3. The van der Waals surface area contributed by atoms with E-state index in [4.69, 9.17) is 0 Å². The minimum Gasteiger partial charge on any atom is -0.353 e. The van der Waals surface area contributed by atoms with Gasteiger partial charge in [-0.2, -0.15) is 13.2 Å². The molecule has 1 aromatic carbocycles. The van der Waals surface area contributed by atoms with E-state index in [9.17, 15) is 13.2 Å². The summed E-state index contributed by atoms with van der Waals surface area (Å²) in [5, 5.41) is 2.23. The van der Waals surface area contributed by atoms with E-state index in [1.807, 2.05) is 0 Å². The van der Waals surface area contributed by atoms with Gasteiger partial charge in [0.1, 0.15) is 0 Å². The number of benzene rings is 1. The normalized spacial score (nSPS) is 13.7. The summed E-state index contributed by atoms with van der Waals surface area (Å²) in [5.74, 6) is 0. The molecular weight excluding hydrogens is 275 g/mol. The topological polar surface area (TPSA) is 21.3 Å². The van der Waals surface area contributed by atoms with Crippen molar-refractivity contribution in [1.82, 2.24) is 0 Å². The standard InChI is InChI=1S/C9H9BrF3NO/c1-15-8(9(11,12)13)14-7-4-2-6(10)3-5-7/h2-5,8,14H,1H3. The van der Waals surface area contributed by atoms with Crippen LogP contribution in [-0.2, 0) is 4.74 Å². The Hall–Kier alpha value is -0.750. The van der Waals surface area contributed by atoms with Gasteiger partial charge in [0.15, 0.2) is 0 Å². The molecular formula is C9H9BrF3NO. The van der Waals surface area contributed by atoms with Gasteiger partial charge in [0.05, 0.1) is 0 Å². The van der Waals surface area contributed by atoms with Gasteiger partial charge in [0.2, 0.25) is 6.23 Å². The number of ether oxygens (including phenoxy) is 1. The van der Waals surface area contributed by atoms with Crippen LogP contribution in [0.1, 0.15) is 0 Å². The maximum atomic E-state index is 12.3. The fourth-order valence-electron chi connectivity index (χ4n) is 0.972. The molecule has 0 radical (unpaired) electrons. The van der Waals surface area contributed by atoms with Gasteiger partial charge >= 0.3 is 6.18 Å². The van der Waals surface area contributed by atoms with E-state index in [-0.39, 0.29) is 0 Å².